The molecule has 20 heavy (non-hydrogen) atoms. The summed E-state index contributed by atoms with van der Waals surface area (Å²) in [4.78, 5) is 2.31. The Bertz CT molecular complexity index is 658. The van der Waals surface area contributed by atoms with Crippen molar-refractivity contribution < 1.29 is 4.74 Å². The Morgan fingerprint density at radius 1 is 1.40 bits per heavy atom. The molecule has 0 unspecified atom stereocenters. The average molecular weight is 269 g/mol. The van der Waals surface area contributed by atoms with Gasteiger partial charge in [-0.25, -0.2) is 0 Å². The van der Waals surface area contributed by atoms with E-state index in [9.17, 15) is 0 Å². The summed E-state index contributed by atoms with van der Waals surface area (Å²) in [5, 5.41) is 17.0. The highest BCUT2D eigenvalue weighted by Gasteiger charge is 2.17. The molecule has 0 saturated carbocycles. The van der Waals surface area contributed by atoms with Crippen LogP contribution in [0.4, 0.5) is 0 Å². The Hall–Kier alpha value is -2.39. The Balaban J connectivity index is 1.74. The van der Waals surface area contributed by atoms with E-state index < -0.39 is 0 Å². The van der Waals surface area contributed by atoms with Crippen LogP contribution < -0.4 is 4.74 Å². The smallest absolute Gasteiger partial charge is 0.147 e. The van der Waals surface area contributed by atoms with Crippen molar-refractivity contribution in [1.29, 1.82) is 5.26 Å². The summed E-state index contributed by atoms with van der Waals surface area (Å²) in [5.74, 6) is 1.63. The minimum absolute atomic E-state index is 0.564. The second-order valence-electron chi connectivity index (χ2n) is 4.80. The van der Waals surface area contributed by atoms with Crippen LogP contribution in [-0.4, -0.2) is 33.3 Å². The second kappa shape index (κ2) is 5.31. The summed E-state index contributed by atoms with van der Waals surface area (Å²) in [7, 11) is 1.59. The molecule has 0 bridgehead atoms. The number of benzene rings is 1. The predicted octanol–water partition coefficient (Wildman–Crippen LogP) is 1.17. The van der Waals surface area contributed by atoms with Gasteiger partial charge in [0.05, 0.1) is 19.2 Å². The molecule has 0 spiro atoms. The number of nitriles is 1. The molecular formula is C14H15N5O. The minimum atomic E-state index is 0.564. The van der Waals surface area contributed by atoms with E-state index >= 15 is 0 Å². The van der Waals surface area contributed by atoms with Gasteiger partial charge in [0.1, 0.15) is 24.0 Å². The lowest BCUT2D eigenvalue weighted by Gasteiger charge is -2.27. The number of nitrogens with zero attached hydrogens (tertiary/aromatic N) is 5. The largest absolute Gasteiger partial charge is 0.495 e. The van der Waals surface area contributed by atoms with E-state index in [1.165, 1.54) is 0 Å². The van der Waals surface area contributed by atoms with E-state index in [1.807, 2.05) is 12.1 Å². The lowest BCUT2D eigenvalue weighted by molar-refractivity contribution is 0.208. The molecule has 6 nitrogen and oxygen atoms in total. The Labute approximate surface area is 117 Å². The first-order valence-corrected chi connectivity index (χ1v) is 6.46. The van der Waals surface area contributed by atoms with E-state index in [2.05, 4.69) is 25.7 Å². The average Bonchev–Trinajstić information content (AvgIpc) is 2.94. The number of rotatable bonds is 3. The van der Waals surface area contributed by atoms with Crippen LogP contribution >= 0.6 is 0 Å². The van der Waals surface area contributed by atoms with Crippen molar-refractivity contribution in [2.24, 2.45) is 0 Å². The summed E-state index contributed by atoms with van der Waals surface area (Å²) in [5.41, 5.74) is 1.70. The second-order valence-corrected chi connectivity index (χ2v) is 4.80. The molecule has 0 aliphatic carbocycles. The van der Waals surface area contributed by atoms with Gasteiger partial charge in [0, 0.05) is 19.6 Å². The molecule has 2 aromatic rings. The number of hydrogen-bond donors (Lipinski definition) is 0. The van der Waals surface area contributed by atoms with Crippen molar-refractivity contribution in [3.8, 4) is 11.8 Å². The van der Waals surface area contributed by atoms with E-state index in [4.69, 9.17) is 10.00 Å². The van der Waals surface area contributed by atoms with E-state index in [-0.39, 0.29) is 0 Å². The molecule has 1 aliphatic heterocycles. The maximum absolute atomic E-state index is 8.99. The number of methoxy groups -OCH3 is 1. The molecule has 0 saturated heterocycles. The molecule has 0 radical (unpaired) electrons. The molecule has 0 atom stereocenters. The topological polar surface area (TPSA) is 67.0 Å². The summed E-state index contributed by atoms with van der Waals surface area (Å²) in [6.07, 6.45) is 1.78. The molecule has 2 heterocycles. The van der Waals surface area contributed by atoms with Crippen molar-refractivity contribution in [2.75, 3.05) is 13.7 Å². The quantitative estimate of drug-likeness (QED) is 0.837. The normalized spacial score (nSPS) is 14.6. The Kier molecular flexibility index (Phi) is 3.35. The third-order valence-corrected chi connectivity index (χ3v) is 3.51. The van der Waals surface area contributed by atoms with Crippen LogP contribution in [0, 0.1) is 11.3 Å². The lowest BCUT2D eigenvalue weighted by Crippen LogP contribution is -2.33. The van der Waals surface area contributed by atoms with Crippen LogP contribution in [0.2, 0.25) is 0 Å². The standard InChI is InChI=1S/C14H15N5O/c1-20-13-6-11(2-3-12(13)7-15)8-18-4-5-19-10-16-17-14(19)9-18/h2-3,6,10H,4-5,8-9H2,1H3. The van der Waals surface area contributed by atoms with Crippen LogP contribution in [0.25, 0.3) is 0 Å². The van der Waals surface area contributed by atoms with Crippen LogP contribution in [0.1, 0.15) is 17.0 Å². The summed E-state index contributed by atoms with van der Waals surface area (Å²) < 4.78 is 7.32. The van der Waals surface area contributed by atoms with Crippen molar-refractivity contribution in [3.05, 3.63) is 41.5 Å². The molecule has 102 valence electrons. The zero-order valence-corrected chi connectivity index (χ0v) is 11.3. The number of fused-ring (bicyclic) bond motifs is 1. The van der Waals surface area contributed by atoms with Crippen molar-refractivity contribution in [3.63, 3.8) is 0 Å². The molecule has 6 heteroatoms. The van der Waals surface area contributed by atoms with Crippen LogP contribution in [0.3, 0.4) is 0 Å². The zero-order valence-electron chi connectivity index (χ0n) is 11.3. The van der Waals surface area contributed by atoms with Crippen LogP contribution in [0.15, 0.2) is 24.5 Å². The first-order valence-electron chi connectivity index (χ1n) is 6.46. The minimum Gasteiger partial charge on any atom is -0.495 e. The van der Waals surface area contributed by atoms with Gasteiger partial charge in [-0.1, -0.05) is 6.07 Å². The Morgan fingerprint density at radius 2 is 2.30 bits per heavy atom. The molecule has 0 amide bonds. The highest BCUT2D eigenvalue weighted by atomic mass is 16.5. The number of hydrogen-bond acceptors (Lipinski definition) is 5. The lowest BCUT2D eigenvalue weighted by atomic mass is 10.1. The maximum atomic E-state index is 8.99. The zero-order chi connectivity index (χ0) is 13.9. The summed E-state index contributed by atoms with van der Waals surface area (Å²) >= 11 is 0. The fourth-order valence-corrected chi connectivity index (χ4v) is 2.44. The molecule has 0 N–H and O–H groups in total. The van der Waals surface area contributed by atoms with E-state index in [1.54, 1.807) is 19.5 Å². The van der Waals surface area contributed by atoms with Gasteiger partial charge in [-0.3, -0.25) is 4.90 Å². The van der Waals surface area contributed by atoms with Gasteiger partial charge in [0.2, 0.25) is 0 Å². The SMILES string of the molecule is COc1cc(CN2CCn3cnnc3C2)ccc1C#N. The van der Waals surface area contributed by atoms with Crippen molar-refractivity contribution in [2.45, 2.75) is 19.6 Å². The van der Waals surface area contributed by atoms with Gasteiger partial charge >= 0.3 is 0 Å². The fourth-order valence-electron chi connectivity index (χ4n) is 2.44. The van der Waals surface area contributed by atoms with Gasteiger partial charge in [-0.2, -0.15) is 5.26 Å². The number of aromatic nitrogens is 3. The third kappa shape index (κ3) is 2.36. The molecule has 1 aromatic heterocycles. The predicted molar refractivity (Wildman–Crippen MR) is 71.8 cm³/mol. The molecule has 0 fully saturated rings. The van der Waals surface area contributed by atoms with E-state index in [0.29, 0.717) is 11.3 Å². The summed E-state index contributed by atoms with van der Waals surface area (Å²) in [6, 6.07) is 7.83. The van der Waals surface area contributed by atoms with Crippen molar-refractivity contribution >= 4 is 0 Å². The fraction of sp³-hybridized carbons (Fsp3) is 0.357. The highest BCUT2D eigenvalue weighted by molar-refractivity contribution is 5.45. The number of ether oxygens (including phenoxy) is 1. The first kappa shape index (κ1) is 12.6. The Morgan fingerprint density at radius 3 is 3.10 bits per heavy atom. The van der Waals surface area contributed by atoms with Gasteiger partial charge in [0.25, 0.3) is 0 Å². The molecular weight excluding hydrogens is 254 g/mol. The molecule has 1 aliphatic rings. The van der Waals surface area contributed by atoms with Crippen LogP contribution in [-0.2, 0) is 19.6 Å². The molecule has 3 rings (SSSR count). The first-order chi connectivity index (χ1) is 9.80. The van der Waals surface area contributed by atoms with Gasteiger partial charge in [-0.05, 0) is 17.7 Å². The van der Waals surface area contributed by atoms with E-state index in [0.717, 1.165) is 37.6 Å². The molecule has 1 aromatic carbocycles. The van der Waals surface area contributed by atoms with Crippen LogP contribution in [0.5, 0.6) is 5.75 Å². The maximum Gasteiger partial charge on any atom is 0.147 e. The third-order valence-electron chi connectivity index (χ3n) is 3.51. The summed E-state index contributed by atoms with van der Waals surface area (Å²) in [6.45, 7) is 3.49. The monoisotopic (exact) mass is 269 g/mol. The highest BCUT2D eigenvalue weighted by Crippen LogP contribution is 2.21. The van der Waals surface area contributed by atoms with Gasteiger partial charge in [-0.15, -0.1) is 10.2 Å². The van der Waals surface area contributed by atoms with Gasteiger partial charge < -0.3 is 9.30 Å². The van der Waals surface area contributed by atoms with Crippen molar-refractivity contribution in [1.82, 2.24) is 19.7 Å². The van der Waals surface area contributed by atoms with Gasteiger partial charge in [0.15, 0.2) is 0 Å².